The van der Waals surface area contributed by atoms with Gasteiger partial charge in [-0.25, -0.2) is 0 Å². The van der Waals surface area contributed by atoms with Crippen molar-refractivity contribution in [3.05, 3.63) is 58.7 Å². The Morgan fingerprint density at radius 2 is 0.708 bits per heavy atom. The van der Waals surface area contributed by atoms with Gasteiger partial charge in [-0.05, 0) is 27.7 Å². The second kappa shape index (κ2) is 6.71. The van der Waals surface area contributed by atoms with Crippen molar-refractivity contribution >= 4 is 23.1 Å². The first-order valence-corrected chi connectivity index (χ1v) is 7.55. The zero-order chi connectivity index (χ0) is 18.0. The Bertz CT molecular complexity index is 737. The molecule has 0 aromatic heterocycles. The van der Waals surface area contributed by atoms with Crippen molar-refractivity contribution < 1.29 is 19.2 Å². The van der Waals surface area contributed by atoms with E-state index in [4.69, 9.17) is 0 Å². The largest absolute Gasteiger partial charge is 0.294 e. The van der Waals surface area contributed by atoms with Gasteiger partial charge in [0.25, 0.3) is 0 Å². The molecule has 24 heavy (non-hydrogen) atoms. The van der Waals surface area contributed by atoms with E-state index >= 15 is 0 Å². The van der Waals surface area contributed by atoms with Crippen molar-refractivity contribution in [3.8, 4) is 11.1 Å². The summed E-state index contributed by atoms with van der Waals surface area (Å²) in [4.78, 5) is 48.4. The van der Waals surface area contributed by atoms with Crippen LogP contribution in [-0.2, 0) is 0 Å². The lowest BCUT2D eigenvalue weighted by atomic mass is 9.84. The zero-order valence-electron chi connectivity index (χ0n) is 14.1. The van der Waals surface area contributed by atoms with E-state index in [0.29, 0.717) is 33.4 Å². The van der Waals surface area contributed by atoms with Gasteiger partial charge in [0, 0.05) is 33.4 Å². The molecule has 4 nitrogen and oxygen atoms in total. The molecule has 0 saturated heterocycles. The molecule has 2 rings (SSSR count). The molecule has 0 amide bonds. The highest BCUT2D eigenvalue weighted by Gasteiger charge is 2.24. The predicted octanol–water partition coefficient (Wildman–Crippen LogP) is 4.16. The van der Waals surface area contributed by atoms with Crippen LogP contribution in [0.4, 0.5) is 0 Å². The van der Waals surface area contributed by atoms with Gasteiger partial charge in [0.1, 0.15) is 0 Å². The van der Waals surface area contributed by atoms with E-state index in [9.17, 15) is 19.2 Å². The first kappa shape index (κ1) is 17.5. The maximum Gasteiger partial charge on any atom is 0.160 e. The number of rotatable bonds is 5. The lowest BCUT2D eigenvalue weighted by Gasteiger charge is -2.17. The topological polar surface area (TPSA) is 68.3 Å². The molecule has 0 atom stereocenters. The molecule has 2 aromatic rings. The van der Waals surface area contributed by atoms with Crippen LogP contribution in [0.2, 0.25) is 0 Å². The lowest BCUT2D eigenvalue weighted by molar-refractivity contribution is 0.0995. The van der Waals surface area contributed by atoms with E-state index in [-0.39, 0.29) is 23.1 Å². The Kier molecular flexibility index (Phi) is 4.88. The number of carbonyl (C=O) groups excluding carboxylic acids is 4. The third-order valence-corrected chi connectivity index (χ3v) is 3.90. The normalized spacial score (nSPS) is 10.3. The molecule has 0 heterocycles. The monoisotopic (exact) mass is 322 g/mol. The summed E-state index contributed by atoms with van der Waals surface area (Å²) in [5.74, 6) is -0.941. The summed E-state index contributed by atoms with van der Waals surface area (Å²) in [7, 11) is 0. The van der Waals surface area contributed by atoms with Crippen molar-refractivity contribution in [1.29, 1.82) is 0 Å². The number of Topliss-reactive ketones (excluding diaryl/α,β-unsaturated/α-hetero) is 4. The van der Waals surface area contributed by atoms with Gasteiger partial charge in [-0.15, -0.1) is 0 Å². The molecule has 0 unspecified atom stereocenters. The fourth-order valence-electron chi connectivity index (χ4n) is 2.82. The van der Waals surface area contributed by atoms with Gasteiger partial charge in [0.15, 0.2) is 23.1 Å². The van der Waals surface area contributed by atoms with Crippen molar-refractivity contribution in [2.45, 2.75) is 27.7 Å². The van der Waals surface area contributed by atoms with Gasteiger partial charge in [-0.2, -0.15) is 0 Å². The molecule has 0 fully saturated rings. The molecule has 2 aromatic carbocycles. The molecule has 0 N–H and O–H groups in total. The van der Waals surface area contributed by atoms with Crippen LogP contribution in [0.3, 0.4) is 0 Å². The number of hydrogen-bond donors (Lipinski definition) is 0. The number of hydrogen-bond acceptors (Lipinski definition) is 4. The Morgan fingerprint density at radius 1 is 0.500 bits per heavy atom. The average molecular weight is 322 g/mol. The van der Waals surface area contributed by atoms with E-state index in [1.54, 1.807) is 36.4 Å². The zero-order valence-corrected chi connectivity index (χ0v) is 14.1. The van der Waals surface area contributed by atoms with Crippen LogP contribution in [0.1, 0.15) is 69.1 Å². The molecule has 0 spiro atoms. The van der Waals surface area contributed by atoms with E-state index in [0.717, 1.165) is 0 Å². The van der Waals surface area contributed by atoms with Crippen LogP contribution in [0.25, 0.3) is 11.1 Å². The van der Waals surface area contributed by atoms with Gasteiger partial charge >= 0.3 is 0 Å². The molecule has 0 aliphatic rings. The summed E-state index contributed by atoms with van der Waals surface area (Å²) in [5, 5.41) is 0. The summed E-state index contributed by atoms with van der Waals surface area (Å²) in [6, 6.07) is 9.66. The van der Waals surface area contributed by atoms with Crippen molar-refractivity contribution in [1.82, 2.24) is 0 Å². The Hall–Kier alpha value is -2.88. The van der Waals surface area contributed by atoms with Gasteiger partial charge in [0.05, 0.1) is 0 Å². The molecule has 0 saturated carbocycles. The quantitative estimate of drug-likeness (QED) is 0.775. The summed E-state index contributed by atoms with van der Waals surface area (Å²) >= 11 is 0. The second-order valence-electron chi connectivity index (χ2n) is 5.68. The molecule has 0 radical (unpaired) electrons. The maximum absolute atomic E-state index is 12.1. The van der Waals surface area contributed by atoms with Gasteiger partial charge in [-0.3, -0.25) is 19.2 Å². The highest BCUT2D eigenvalue weighted by atomic mass is 16.1. The van der Waals surface area contributed by atoms with Crippen LogP contribution in [-0.4, -0.2) is 23.1 Å². The maximum atomic E-state index is 12.1. The summed E-state index contributed by atoms with van der Waals surface area (Å²) < 4.78 is 0. The number of benzene rings is 2. The number of carbonyl (C=O) groups is 4. The van der Waals surface area contributed by atoms with Crippen molar-refractivity contribution in [3.63, 3.8) is 0 Å². The minimum absolute atomic E-state index is 0.235. The highest BCUT2D eigenvalue weighted by Crippen LogP contribution is 2.35. The van der Waals surface area contributed by atoms with Crippen LogP contribution >= 0.6 is 0 Å². The standard InChI is InChI=1S/C20H18O4/c1-11(21)15-7-5-8-16(12(2)22)19(15)20-17(13(3)23)9-6-10-18(20)14(4)24/h5-10H,1-4H3. The van der Waals surface area contributed by atoms with Gasteiger partial charge in [-0.1, -0.05) is 36.4 Å². The van der Waals surface area contributed by atoms with Crippen molar-refractivity contribution in [2.24, 2.45) is 0 Å². The SMILES string of the molecule is CC(=O)c1cccc(C(C)=O)c1-c1c(C(C)=O)cccc1C(C)=O. The first-order valence-electron chi connectivity index (χ1n) is 7.55. The van der Waals surface area contributed by atoms with E-state index in [1.165, 1.54) is 27.7 Å². The van der Waals surface area contributed by atoms with E-state index in [2.05, 4.69) is 0 Å². The Balaban J connectivity index is 3.06. The molecule has 4 heteroatoms. The summed E-state index contributed by atoms with van der Waals surface area (Å²) in [6.45, 7) is 5.58. The fraction of sp³-hybridized carbons (Fsp3) is 0.200. The van der Waals surface area contributed by atoms with Crippen LogP contribution in [0.5, 0.6) is 0 Å². The Labute approximate surface area is 140 Å². The predicted molar refractivity (Wildman–Crippen MR) is 91.9 cm³/mol. The third kappa shape index (κ3) is 3.08. The van der Waals surface area contributed by atoms with Crippen LogP contribution in [0.15, 0.2) is 36.4 Å². The molecule has 122 valence electrons. The van der Waals surface area contributed by atoms with Gasteiger partial charge in [0.2, 0.25) is 0 Å². The van der Waals surface area contributed by atoms with Crippen molar-refractivity contribution in [2.75, 3.05) is 0 Å². The minimum atomic E-state index is -0.235. The lowest BCUT2D eigenvalue weighted by Crippen LogP contribution is -2.10. The minimum Gasteiger partial charge on any atom is -0.294 e. The van der Waals surface area contributed by atoms with Crippen LogP contribution < -0.4 is 0 Å². The first-order chi connectivity index (χ1) is 11.3. The molecular weight excluding hydrogens is 304 g/mol. The van der Waals surface area contributed by atoms with Crippen LogP contribution in [0, 0.1) is 0 Å². The summed E-state index contributed by atoms with van der Waals surface area (Å²) in [6.07, 6.45) is 0. The summed E-state index contributed by atoms with van der Waals surface area (Å²) in [5.41, 5.74) is 1.98. The van der Waals surface area contributed by atoms with Gasteiger partial charge < -0.3 is 0 Å². The smallest absolute Gasteiger partial charge is 0.160 e. The molecule has 0 aliphatic carbocycles. The molecule has 0 bridgehead atoms. The van der Waals surface area contributed by atoms with E-state index in [1.807, 2.05) is 0 Å². The highest BCUT2D eigenvalue weighted by molar-refractivity contribution is 6.16. The Morgan fingerprint density at radius 3 is 0.875 bits per heavy atom. The third-order valence-electron chi connectivity index (χ3n) is 3.90. The fourth-order valence-corrected chi connectivity index (χ4v) is 2.82. The number of ketones is 4. The second-order valence-corrected chi connectivity index (χ2v) is 5.68. The molecule has 0 aliphatic heterocycles. The average Bonchev–Trinajstić information content (AvgIpc) is 2.52. The van der Waals surface area contributed by atoms with E-state index < -0.39 is 0 Å². The molecular formula is C20H18O4.